The molecular formula is C29H16N8S4+2. The van der Waals surface area contributed by atoms with Crippen molar-refractivity contribution in [2.45, 2.75) is 33.6 Å². The molecule has 0 amide bonds. The van der Waals surface area contributed by atoms with Crippen LogP contribution in [0.3, 0.4) is 0 Å². The molecule has 12 heteroatoms. The summed E-state index contributed by atoms with van der Waals surface area (Å²) in [7, 11) is 0. The summed E-state index contributed by atoms with van der Waals surface area (Å²) in [4.78, 5) is 23.0. The summed E-state index contributed by atoms with van der Waals surface area (Å²) in [6.45, 7) is 8.45. The van der Waals surface area contributed by atoms with E-state index in [0.717, 1.165) is 64.9 Å². The fourth-order valence-electron chi connectivity index (χ4n) is 7.91. The standard InChI is InChI=1S/C29H16N8S4/c1-9-30-21-13-5-18-26-23(32-11(3)39-26)15-7-20-28-24(33-12(4)41-28)16-8-19-27-22(31-10(2)40-27)14-6-17(25(21)38-9)34(13)29(35(14)19,36(15)18)37(16)20/h5-8H,1-4H3/q+2. The van der Waals surface area contributed by atoms with E-state index >= 15 is 0 Å². The van der Waals surface area contributed by atoms with E-state index in [9.17, 15) is 0 Å². The first kappa shape index (κ1) is 20.9. The molecule has 0 saturated carbocycles. The van der Waals surface area contributed by atoms with Gasteiger partial charge in [0.25, 0.3) is 5.71 Å². The van der Waals surface area contributed by atoms with Crippen LogP contribution in [0, 0.1) is 27.7 Å². The lowest BCUT2D eigenvalue weighted by atomic mass is 10.1. The van der Waals surface area contributed by atoms with Crippen LogP contribution in [-0.2, 0) is 5.91 Å². The highest BCUT2D eigenvalue weighted by molar-refractivity contribution is 7.19. The quantitative estimate of drug-likeness (QED) is 0.247. The molecule has 12 heterocycles. The van der Waals surface area contributed by atoms with Crippen LogP contribution in [0.1, 0.15) is 52.6 Å². The van der Waals surface area contributed by atoms with Gasteiger partial charge in [-0.25, -0.2) is 19.9 Å². The second kappa shape index (κ2) is 6.02. The molecule has 0 radical (unpaired) electrons. The van der Waals surface area contributed by atoms with Crippen LogP contribution in [-0.4, -0.2) is 49.6 Å². The molecule has 0 aliphatic carbocycles. The normalized spacial score (nSPS) is 21.3. The predicted octanol–water partition coefficient (Wildman–Crippen LogP) is 3.90. The highest BCUT2D eigenvalue weighted by atomic mass is 32.1. The van der Waals surface area contributed by atoms with Crippen LogP contribution in [0.4, 0.5) is 0 Å². The average molecular weight is 605 g/mol. The number of nitrogens with zero attached hydrogens (tertiary/aromatic N) is 8. The van der Waals surface area contributed by atoms with Crippen LogP contribution in [0.15, 0.2) is 6.08 Å². The van der Waals surface area contributed by atoms with Crippen molar-refractivity contribution in [2.24, 2.45) is 0 Å². The Bertz CT molecular complexity index is 2690. The lowest BCUT2D eigenvalue weighted by Crippen LogP contribution is -2.69. The summed E-state index contributed by atoms with van der Waals surface area (Å²) < 4.78 is 12.6. The lowest BCUT2D eigenvalue weighted by Gasteiger charge is -2.37. The van der Waals surface area contributed by atoms with Gasteiger partial charge in [-0.3, -0.25) is 0 Å². The Hall–Kier alpha value is -3.84. The third-order valence-electron chi connectivity index (χ3n) is 9.06. The van der Waals surface area contributed by atoms with Crippen molar-refractivity contribution < 1.29 is 9.15 Å². The van der Waals surface area contributed by atoms with Crippen molar-refractivity contribution in [1.82, 2.24) is 29.1 Å². The monoisotopic (exact) mass is 604 g/mol. The first-order chi connectivity index (χ1) is 19.9. The Kier molecular flexibility index (Phi) is 3.08. The topological polar surface area (TPSA) is 67.4 Å². The van der Waals surface area contributed by atoms with Gasteiger partial charge in [0.1, 0.15) is 20.8 Å². The smallest absolute Gasteiger partial charge is 0.239 e. The number of hydrogen-bond donors (Lipinski definition) is 0. The van der Waals surface area contributed by atoms with Gasteiger partial charge in [0, 0.05) is 12.2 Å². The summed E-state index contributed by atoms with van der Waals surface area (Å²) in [6.07, 6.45) is 9.43. The Morgan fingerprint density at radius 2 is 1.20 bits per heavy atom. The molecule has 41 heavy (non-hydrogen) atoms. The van der Waals surface area contributed by atoms with Crippen molar-refractivity contribution >= 4 is 107 Å². The highest BCUT2D eigenvalue weighted by Gasteiger charge is 2.74. The summed E-state index contributed by atoms with van der Waals surface area (Å²) in [5, 5.41) is 6.69. The van der Waals surface area contributed by atoms with Gasteiger partial charge in [0.2, 0.25) is 17.1 Å². The summed E-state index contributed by atoms with van der Waals surface area (Å²) in [6, 6.07) is 0. The average Bonchev–Trinajstić information content (AvgIpc) is 3.78. The molecule has 0 saturated heterocycles. The zero-order valence-corrected chi connectivity index (χ0v) is 25.3. The number of rotatable bonds is 0. The number of fused-ring (bicyclic) bond motifs is 12. The predicted molar refractivity (Wildman–Crippen MR) is 164 cm³/mol. The van der Waals surface area contributed by atoms with Gasteiger partial charge in [0.05, 0.1) is 57.6 Å². The maximum absolute atomic E-state index is 5.12. The molecule has 6 aliphatic rings. The third kappa shape index (κ3) is 1.92. The van der Waals surface area contributed by atoms with E-state index in [1.807, 2.05) is 0 Å². The van der Waals surface area contributed by atoms with E-state index in [1.165, 1.54) is 41.6 Å². The van der Waals surface area contributed by atoms with Crippen LogP contribution < -0.4 is 10.7 Å². The van der Waals surface area contributed by atoms with Crippen molar-refractivity contribution in [3.8, 4) is 0 Å². The van der Waals surface area contributed by atoms with Crippen molar-refractivity contribution in [3.05, 3.63) is 69.3 Å². The Labute approximate surface area is 246 Å². The SMILES string of the molecule is Cc1nc2c(s1)C1=Cc3c4nc(C)sc4c4n3C35n6c(c7nc(C)sc7c6=CC6=[N+]3C(=CC2=[N+]15)c1sc(C)nc16)=C4. The molecule has 0 N–H and O–H groups in total. The van der Waals surface area contributed by atoms with Gasteiger partial charge in [-0.2, -0.15) is 9.13 Å². The fourth-order valence-corrected chi connectivity index (χ4v) is 11.6. The summed E-state index contributed by atoms with van der Waals surface area (Å²) in [5.41, 5.74) is 11.3. The highest BCUT2D eigenvalue weighted by Crippen LogP contribution is 2.54. The first-order valence-electron chi connectivity index (χ1n) is 13.4. The number of hydrogen-bond acceptors (Lipinski definition) is 8. The minimum absolute atomic E-state index is 0.747. The Morgan fingerprint density at radius 3 is 1.93 bits per heavy atom. The van der Waals surface area contributed by atoms with Gasteiger partial charge in [-0.1, -0.05) is 9.15 Å². The molecule has 1 unspecified atom stereocenters. The molecule has 8 nitrogen and oxygen atoms in total. The molecule has 0 fully saturated rings. The molecule has 6 aromatic heterocycles. The number of thiazole rings is 4. The zero-order chi connectivity index (χ0) is 26.8. The maximum atomic E-state index is 5.12. The van der Waals surface area contributed by atoms with Gasteiger partial charge < -0.3 is 0 Å². The number of allylic oxidation sites excluding steroid dienone is 1. The fraction of sp³-hybridized carbons (Fsp3) is 0.172. The molecule has 0 bridgehead atoms. The van der Waals surface area contributed by atoms with E-state index in [1.54, 1.807) is 45.3 Å². The summed E-state index contributed by atoms with van der Waals surface area (Å²) >= 11 is 7.14. The lowest BCUT2D eigenvalue weighted by molar-refractivity contribution is -0.807. The Balaban J connectivity index is 1.43. The van der Waals surface area contributed by atoms with Gasteiger partial charge in [0.15, 0.2) is 11.4 Å². The van der Waals surface area contributed by atoms with Crippen molar-refractivity contribution in [1.29, 1.82) is 0 Å². The molecule has 12 rings (SSSR count). The van der Waals surface area contributed by atoms with E-state index in [2.05, 4.69) is 70.3 Å². The van der Waals surface area contributed by atoms with Crippen LogP contribution in [0.25, 0.3) is 50.1 Å². The second-order valence-electron chi connectivity index (χ2n) is 11.2. The third-order valence-corrected chi connectivity index (χ3v) is 13.0. The largest absolute Gasteiger partial charge is 0.554 e. The Morgan fingerprint density at radius 1 is 0.585 bits per heavy atom. The molecule has 1 atom stereocenters. The van der Waals surface area contributed by atoms with Crippen LogP contribution in [0.2, 0.25) is 0 Å². The molecule has 194 valence electrons. The number of aryl methyl sites for hydroxylation is 4. The van der Waals surface area contributed by atoms with Gasteiger partial charge in [-0.15, -0.1) is 45.3 Å². The van der Waals surface area contributed by atoms with E-state index in [-0.39, 0.29) is 0 Å². The maximum Gasteiger partial charge on any atom is 0.554 e. The molecule has 0 aromatic carbocycles. The van der Waals surface area contributed by atoms with E-state index in [4.69, 9.17) is 19.9 Å². The van der Waals surface area contributed by atoms with E-state index < -0.39 is 5.91 Å². The van der Waals surface area contributed by atoms with Crippen molar-refractivity contribution in [3.63, 3.8) is 0 Å². The van der Waals surface area contributed by atoms with Crippen LogP contribution >= 0.6 is 45.3 Å². The molecule has 6 aromatic rings. The van der Waals surface area contributed by atoms with E-state index in [0.29, 0.717) is 0 Å². The van der Waals surface area contributed by atoms with Gasteiger partial charge >= 0.3 is 5.91 Å². The molecule has 6 aliphatic heterocycles. The second-order valence-corrected chi connectivity index (χ2v) is 16.1. The molecule has 1 spiro atoms. The number of aromatic nitrogens is 6. The first-order valence-corrected chi connectivity index (χ1v) is 16.7. The minimum Gasteiger partial charge on any atom is -0.239 e. The van der Waals surface area contributed by atoms with Gasteiger partial charge in [-0.05, 0) is 33.8 Å². The van der Waals surface area contributed by atoms with Crippen LogP contribution in [0.5, 0.6) is 0 Å². The summed E-state index contributed by atoms with van der Waals surface area (Å²) in [5.74, 6) is -0.747. The van der Waals surface area contributed by atoms with Crippen molar-refractivity contribution in [2.75, 3.05) is 0 Å². The zero-order valence-electron chi connectivity index (χ0n) is 22.0. The molecular weight excluding hydrogens is 589 g/mol. The minimum atomic E-state index is -0.747.